The van der Waals surface area contributed by atoms with E-state index in [1.54, 1.807) is 11.8 Å². The van der Waals surface area contributed by atoms with Crippen molar-refractivity contribution >= 4 is 29.3 Å². The first-order valence-electron chi connectivity index (χ1n) is 8.79. The third-order valence-corrected chi connectivity index (χ3v) is 6.31. The number of aromatic nitrogens is 5. The molecular formula is C17H25ClN6OS. The quantitative estimate of drug-likeness (QED) is 0.725. The molecule has 0 unspecified atom stereocenters. The molecule has 2 aromatic heterocycles. The first-order valence-corrected chi connectivity index (χ1v) is 10.4. The Balaban J connectivity index is 1.76. The summed E-state index contributed by atoms with van der Waals surface area (Å²) in [6.07, 6.45) is 4.28. The number of aryl methyl sites for hydroxylation is 1. The topological polar surface area (TPSA) is 68.8 Å². The maximum absolute atomic E-state index is 13.0. The van der Waals surface area contributed by atoms with Gasteiger partial charge in [0, 0.05) is 20.0 Å². The first-order chi connectivity index (χ1) is 12.3. The van der Waals surface area contributed by atoms with Crippen LogP contribution in [0.15, 0.2) is 5.16 Å². The second kappa shape index (κ2) is 7.60. The zero-order chi connectivity index (χ0) is 19.0. The number of nitrogens with zero attached hydrogens (tertiary/aromatic N) is 6. The highest BCUT2D eigenvalue weighted by atomic mass is 35.5. The molecule has 3 rings (SSSR count). The Hall–Kier alpha value is -1.54. The van der Waals surface area contributed by atoms with Crippen LogP contribution in [0.25, 0.3) is 0 Å². The molecule has 0 aliphatic carbocycles. The van der Waals surface area contributed by atoms with Gasteiger partial charge in [-0.25, -0.2) is 0 Å². The molecular weight excluding hydrogens is 372 g/mol. The summed E-state index contributed by atoms with van der Waals surface area (Å²) in [6, 6.07) is -0.0478. The highest BCUT2D eigenvalue weighted by Gasteiger charge is 2.34. The first kappa shape index (κ1) is 19.2. The van der Waals surface area contributed by atoms with Crippen LogP contribution >= 0.6 is 23.4 Å². The summed E-state index contributed by atoms with van der Waals surface area (Å²) in [5.41, 5.74) is 1.70. The Kier molecular flexibility index (Phi) is 5.62. The van der Waals surface area contributed by atoms with E-state index in [-0.39, 0.29) is 18.0 Å². The lowest BCUT2D eigenvalue weighted by atomic mass is 10.1. The van der Waals surface area contributed by atoms with Crippen LogP contribution in [0.4, 0.5) is 0 Å². The molecule has 2 aromatic rings. The Labute approximate surface area is 163 Å². The molecule has 3 heterocycles. The van der Waals surface area contributed by atoms with Crippen molar-refractivity contribution in [1.82, 2.24) is 29.4 Å². The third-order valence-electron chi connectivity index (χ3n) is 5.05. The molecule has 1 saturated heterocycles. The Bertz CT molecular complexity index is 817. The van der Waals surface area contributed by atoms with Crippen molar-refractivity contribution in [2.24, 2.45) is 7.05 Å². The Morgan fingerprint density at radius 1 is 1.38 bits per heavy atom. The Morgan fingerprint density at radius 3 is 2.69 bits per heavy atom. The minimum atomic E-state index is -0.0452. The van der Waals surface area contributed by atoms with E-state index in [0.717, 1.165) is 41.8 Å². The van der Waals surface area contributed by atoms with Gasteiger partial charge in [-0.05, 0) is 39.9 Å². The van der Waals surface area contributed by atoms with Gasteiger partial charge in [0.1, 0.15) is 0 Å². The average Bonchev–Trinajstić information content (AvgIpc) is 3.29. The van der Waals surface area contributed by atoms with Crippen LogP contribution in [0.2, 0.25) is 5.02 Å². The van der Waals surface area contributed by atoms with E-state index in [0.29, 0.717) is 11.4 Å². The van der Waals surface area contributed by atoms with Gasteiger partial charge in [0.05, 0.1) is 28.5 Å². The highest BCUT2D eigenvalue weighted by molar-refractivity contribution is 7.98. The molecule has 1 amide bonds. The molecule has 1 aliphatic heterocycles. The van der Waals surface area contributed by atoms with E-state index in [1.807, 2.05) is 48.2 Å². The van der Waals surface area contributed by atoms with E-state index in [2.05, 4.69) is 15.3 Å². The summed E-state index contributed by atoms with van der Waals surface area (Å²) in [5, 5.41) is 14.6. The molecule has 142 valence electrons. The summed E-state index contributed by atoms with van der Waals surface area (Å²) in [6.45, 7) is 6.59. The standard InChI is InChI=1S/C17H25ClN6OS/c1-10(24-12(3)15(18)11(2)21-24)9-14(25)23-8-6-7-13(23)16-19-20-17(26-5)22(16)4/h10,13H,6-9H2,1-5H3/t10-,13-/m0/s1. The number of hydrogen-bond acceptors (Lipinski definition) is 5. The van der Waals surface area contributed by atoms with Gasteiger partial charge >= 0.3 is 0 Å². The molecule has 1 aliphatic rings. The predicted molar refractivity (Wildman–Crippen MR) is 103 cm³/mol. The molecule has 0 saturated carbocycles. The number of carbonyl (C=O) groups excluding carboxylic acids is 1. The summed E-state index contributed by atoms with van der Waals surface area (Å²) in [4.78, 5) is 14.9. The van der Waals surface area contributed by atoms with Crippen molar-refractivity contribution in [1.29, 1.82) is 0 Å². The van der Waals surface area contributed by atoms with Crippen LogP contribution in [0.3, 0.4) is 0 Å². The summed E-state index contributed by atoms with van der Waals surface area (Å²) < 4.78 is 3.85. The monoisotopic (exact) mass is 396 g/mol. The second-order valence-electron chi connectivity index (χ2n) is 6.83. The average molecular weight is 397 g/mol. The molecule has 7 nitrogen and oxygen atoms in total. The molecule has 2 atom stereocenters. The number of amides is 1. The van der Waals surface area contributed by atoms with Crippen molar-refractivity contribution in [2.45, 2.75) is 57.3 Å². The number of thioether (sulfide) groups is 1. The van der Waals surface area contributed by atoms with Crippen LogP contribution in [-0.2, 0) is 11.8 Å². The lowest BCUT2D eigenvalue weighted by Gasteiger charge is -2.25. The maximum Gasteiger partial charge on any atom is 0.225 e. The van der Waals surface area contributed by atoms with Crippen molar-refractivity contribution in [3.63, 3.8) is 0 Å². The minimum absolute atomic E-state index is 0.00265. The normalized spacial score (nSPS) is 18.5. The van der Waals surface area contributed by atoms with Crippen molar-refractivity contribution in [3.05, 3.63) is 22.2 Å². The van der Waals surface area contributed by atoms with E-state index < -0.39 is 0 Å². The lowest BCUT2D eigenvalue weighted by Crippen LogP contribution is -2.33. The number of carbonyl (C=O) groups is 1. The fraction of sp³-hybridized carbons (Fsp3) is 0.647. The van der Waals surface area contributed by atoms with Gasteiger partial charge in [0.15, 0.2) is 11.0 Å². The van der Waals surface area contributed by atoms with Gasteiger partial charge in [0.2, 0.25) is 5.91 Å². The van der Waals surface area contributed by atoms with Crippen molar-refractivity contribution in [2.75, 3.05) is 12.8 Å². The Morgan fingerprint density at radius 2 is 2.12 bits per heavy atom. The van der Waals surface area contributed by atoms with Crippen LogP contribution < -0.4 is 0 Å². The van der Waals surface area contributed by atoms with Crippen LogP contribution in [0, 0.1) is 13.8 Å². The van der Waals surface area contributed by atoms with Crippen molar-refractivity contribution in [3.8, 4) is 0 Å². The molecule has 9 heteroatoms. The van der Waals surface area contributed by atoms with Gasteiger partial charge in [-0.15, -0.1) is 10.2 Å². The van der Waals surface area contributed by atoms with E-state index in [4.69, 9.17) is 11.6 Å². The molecule has 1 fully saturated rings. The zero-order valence-electron chi connectivity index (χ0n) is 15.9. The lowest BCUT2D eigenvalue weighted by molar-refractivity contribution is -0.133. The summed E-state index contributed by atoms with van der Waals surface area (Å²) in [5.74, 6) is 0.986. The van der Waals surface area contributed by atoms with Crippen LogP contribution in [0.1, 0.15) is 55.5 Å². The third kappa shape index (κ3) is 3.36. The van der Waals surface area contributed by atoms with Crippen LogP contribution in [-0.4, -0.2) is 48.2 Å². The fourth-order valence-electron chi connectivity index (χ4n) is 3.66. The number of rotatable bonds is 5. The van der Waals surface area contributed by atoms with Gasteiger partial charge in [-0.2, -0.15) is 5.10 Å². The number of hydrogen-bond donors (Lipinski definition) is 0. The predicted octanol–water partition coefficient (Wildman–Crippen LogP) is 3.32. The molecule has 0 aromatic carbocycles. The molecule has 0 radical (unpaired) electrons. The molecule has 26 heavy (non-hydrogen) atoms. The van der Waals surface area contributed by atoms with Crippen LogP contribution in [0.5, 0.6) is 0 Å². The summed E-state index contributed by atoms with van der Waals surface area (Å²) >= 11 is 7.80. The van der Waals surface area contributed by atoms with E-state index >= 15 is 0 Å². The second-order valence-corrected chi connectivity index (χ2v) is 7.98. The number of halogens is 1. The smallest absolute Gasteiger partial charge is 0.225 e. The zero-order valence-corrected chi connectivity index (χ0v) is 17.4. The fourth-order valence-corrected chi connectivity index (χ4v) is 4.27. The van der Waals surface area contributed by atoms with Gasteiger partial charge in [0.25, 0.3) is 0 Å². The van der Waals surface area contributed by atoms with E-state index in [1.165, 1.54) is 0 Å². The largest absolute Gasteiger partial charge is 0.332 e. The van der Waals surface area contributed by atoms with Crippen molar-refractivity contribution < 1.29 is 4.79 Å². The number of likely N-dealkylation sites (tertiary alicyclic amines) is 1. The van der Waals surface area contributed by atoms with E-state index in [9.17, 15) is 4.79 Å². The minimum Gasteiger partial charge on any atom is -0.332 e. The maximum atomic E-state index is 13.0. The summed E-state index contributed by atoms with van der Waals surface area (Å²) in [7, 11) is 1.96. The molecule has 0 spiro atoms. The SMILES string of the molecule is CSc1nnc([C@@H]2CCCN2C(=O)C[C@H](C)n2nc(C)c(Cl)c2C)n1C. The molecule has 0 bridgehead atoms. The molecule has 0 N–H and O–H groups in total. The van der Waals surface area contributed by atoms with Gasteiger partial charge in [-0.3, -0.25) is 9.48 Å². The van der Waals surface area contributed by atoms with Gasteiger partial charge in [-0.1, -0.05) is 23.4 Å². The van der Waals surface area contributed by atoms with Gasteiger partial charge < -0.3 is 9.47 Å². The highest BCUT2D eigenvalue weighted by Crippen LogP contribution is 2.33.